The van der Waals surface area contributed by atoms with Crippen LogP contribution in [0.3, 0.4) is 0 Å². The minimum Gasteiger partial charge on any atom is -0.497 e. The van der Waals surface area contributed by atoms with Crippen molar-refractivity contribution < 1.29 is 29.4 Å². The predicted molar refractivity (Wildman–Crippen MR) is 81.4 cm³/mol. The molecule has 0 amide bonds. The van der Waals surface area contributed by atoms with Gasteiger partial charge in [-0.3, -0.25) is 0 Å². The van der Waals surface area contributed by atoms with Gasteiger partial charge in [-0.1, -0.05) is 18.8 Å². The third-order valence-electron chi connectivity index (χ3n) is 3.99. The maximum Gasteiger partial charge on any atom is 0.119 e. The van der Waals surface area contributed by atoms with E-state index in [2.05, 4.69) is 0 Å². The van der Waals surface area contributed by atoms with E-state index in [4.69, 9.17) is 26.7 Å². The van der Waals surface area contributed by atoms with Crippen LogP contribution in [0.15, 0.2) is 18.2 Å². The summed E-state index contributed by atoms with van der Waals surface area (Å²) in [6.07, 6.45) is -19.1. The van der Waals surface area contributed by atoms with Crippen molar-refractivity contribution >= 4 is 0 Å². The van der Waals surface area contributed by atoms with E-state index in [1.54, 1.807) is 0 Å². The fraction of sp³-hybridized carbons (Fsp3) is 0.667. The first-order chi connectivity index (χ1) is 16.6. The minimum absolute atomic E-state index is 0.242. The van der Waals surface area contributed by atoms with E-state index in [1.807, 2.05) is 0 Å². The first-order valence-electron chi connectivity index (χ1n) is 15.3. The molecule has 1 aromatic rings. The summed E-state index contributed by atoms with van der Waals surface area (Å²) >= 11 is 0. The number of hydrogen-bond acceptors (Lipinski definition) is 2. The highest BCUT2D eigenvalue weighted by Gasteiger charge is 2.53. The Hall–Kier alpha value is -1.02. The average Bonchev–Trinajstić information content (AvgIpc) is 2.71. The first-order valence-corrected chi connectivity index (χ1v) is 6.26. The minimum atomic E-state index is -3.87. The van der Waals surface area contributed by atoms with Crippen LogP contribution < -0.4 is 4.74 Å². The maximum absolute atomic E-state index is 9.52. The monoisotopic (exact) mass is 289 g/mol. The largest absolute Gasteiger partial charge is 0.497 e. The molecule has 4 rings (SSSR count). The molecule has 3 aliphatic rings. The van der Waals surface area contributed by atoms with Gasteiger partial charge < -0.3 is 9.64 Å². The number of rotatable bonds is 1. The maximum atomic E-state index is 9.52. The fourth-order valence-corrected chi connectivity index (χ4v) is 3.02. The zero-order valence-electron chi connectivity index (χ0n) is 28.5. The summed E-state index contributed by atoms with van der Waals surface area (Å²) in [6.45, 7) is -4.12. The lowest BCUT2D eigenvalue weighted by Gasteiger charge is -2.58. The van der Waals surface area contributed by atoms with Crippen LogP contribution in [-0.2, 0) is 11.8 Å². The molecule has 0 spiro atoms. The predicted octanol–water partition coefficient (Wildman–Crippen LogP) is 3.38. The van der Waals surface area contributed by atoms with E-state index in [9.17, 15) is 2.74 Å². The lowest BCUT2D eigenvalue weighted by Crippen LogP contribution is -2.59. The molecule has 1 aliphatic heterocycles. The average molecular weight is 290 g/mol. The van der Waals surface area contributed by atoms with Gasteiger partial charge in [0.2, 0.25) is 0 Å². The number of fused-ring (bicyclic) bond motifs is 1. The smallest absolute Gasteiger partial charge is 0.119 e. The standard InChI is InChI=1S/C18H25NO/c1-19-10-9-18-8-4-3-5-15(18)17(19)11-13-6-7-14(20-2)12-16(13)18/h6-7,12,15,17H,3-5,8-11H2,1-2H3/t15-,17+,18+/m1/s1/i1D3,2D3,3D2,4D2,5D2,8D2,11D2,15D,17D. The molecular formula is C18H25NO. The van der Waals surface area contributed by atoms with Crippen LogP contribution >= 0.6 is 0 Å². The van der Waals surface area contributed by atoms with Gasteiger partial charge in [-0.05, 0) is 68.2 Å². The highest BCUT2D eigenvalue weighted by atomic mass is 16.5. The Morgan fingerprint density at radius 3 is 3.40 bits per heavy atom. The molecule has 20 heavy (non-hydrogen) atoms. The molecule has 1 saturated heterocycles. The molecule has 0 aromatic heterocycles. The van der Waals surface area contributed by atoms with Crippen LogP contribution in [0.4, 0.5) is 0 Å². The van der Waals surface area contributed by atoms with Gasteiger partial charge in [0, 0.05) is 32.0 Å². The number of likely N-dealkylation sites (tertiary alicyclic amines) is 1. The summed E-state index contributed by atoms with van der Waals surface area (Å²) in [5.41, 5.74) is -4.04. The summed E-state index contributed by atoms with van der Waals surface area (Å²) in [4.78, 5) is 0.242. The lowest BCUT2D eigenvalue weighted by atomic mass is 9.52. The molecule has 1 heterocycles. The van der Waals surface area contributed by atoms with Gasteiger partial charge in [0.05, 0.1) is 11.2 Å². The number of benzene rings is 1. The molecule has 0 radical (unpaired) electrons. The Labute approximate surface area is 147 Å². The van der Waals surface area contributed by atoms with Crippen LogP contribution in [0.25, 0.3) is 0 Å². The van der Waals surface area contributed by atoms with E-state index in [0.29, 0.717) is 0 Å². The first kappa shape index (κ1) is 3.84. The second-order valence-corrected chi connectivity index (χ2v) is 4.97. The number of piperidine rings is 1. The van der Waals surface area contributed by atoms with Crippen molar-refractivity contribution in [1.29, 1.82) is 0 Å². The van der Waals surface area contributed by atoms with Gasteiger partial charge in [0.1, 0.15) is 5.75 Å². The number of ether oxygens (including phenoxy) is 1. The number of nitrogens with zero attached hydrogens (tertiary/aromatic N) is 1. The van der Waals surface area contributed by atoms with Crippen molar-refractivity contribution in [3.63, 3.8) is 0 Å². The summed E-state index contributed by atoms with van der Waals surface area (Å²) < 4.78 is 157. The Bertz CT molecular complexity index is 1170. The topological polar surface area (TPSA) is 12.5 Å². The van der Waals surface area contributed by atoms with Crippen LogP contribution in [-0.4, -0.2) is 31.5 Å². The summed E-state index contributed by atoms with van der Waals surface area (Å²) in [5, 5.41) is 0. The number of methoxy groups -OCH3 is 1. The highest BCUT2D eigenvalue weighted by Crippen LogP contribution is 2.55. The quantitative estimate of drug-likeness (QED) is 0.786. The van der Waals surface area contributed by atoms with E-state index in [0.717, 1.165) is 18.2 Å². The Kier molecular flexibility index (Phi) is 0.862. The second kappa shape index (κ2) is 4.49. The van der Waals surface area contributed by atoms with E-state index >= 15 is 0 Å². The molecule has 2 bridgehead atoms. The molecule has 108 valence electrons. The Balaban J connectivity index is 2.28. The van der Waals surface area contributed by atoms with Crippen LogP contribution in [0.5, 0.6) is 5.75 Å². The van der Waals surface area contributed by atoms with Crippen molar-refractivity contribution in [2.24, 2.45) is 5.89 Å². The molecule has 0 unspecified atom stereocenters. The summed E-state index contributed by atoms with van der Waals surface area (Å²) in [6, 6.07) is -0.771. The molecular weight excluding hydrogens is 246 g/mol. The van der Waals surface area contributed by atoms with Crippen molar-refractivity contribution in [1.82, 2.24) is 4.90 Å². The fourth-order valence-electron chi connectivity index (χ4n) is 3.02. The molecule has 2 nitrogen and oxygen atoms in total. The van der Waals surface area contributed by atoms with Gasteiger partial charge in [-0.25, -0.2) is 0 Å². The van der Waals surface area contributed by atoms with Crippen molar-refractivity contribution in [3.05, 3.63) is 29.3 Å². The zero-order chi connectivity index (χ0) is 29.6. The van der Waals surface area contributed by atoms with Crippen molar-refractivity contribution in [2.75, 3.05) is 20.6 Å². The van der Waals surface area contributed by atoms with Crippen LogP contribution in [0, 0.1) is 5.89 Å². The zero-order valence-corrected chi connectivity index (χ0v) is 10.5. The van der Waals surface area contributed by atoms with Crippen molar-refractivity contribution in [3.8, 4) is 5.75 Å². The van der Waals surface area contributed by atoms with E-state index in [-0.39, 0.29) is 4.90 Å². The summed E-state index contributed by atoms with van der Waals surface area (Å²) in [5.74, 6) is -4.12. The van der Waals surface area contributed by atoms with Gasteiger partial charge in [0.15, 0.2) is 0 Å². The number of likely N-dealkylation sites (N-methyl/N-ethyl adjacent to an activating group) is 1. The highest BCUT2D eigenvalue weighted by molar-refractivity contribution is 5.45. The number of hydrogen-bond donors (Lipinski definition) is 0. The third kappa shape index (κ3) is 1.60. The SMILES string of the molecule is [2H]C([2H])([2H])Oc1ccc2c(c1)[C@@]13CCN(C([2H])([2H])[2H])[C@@]([2H])(C2([2H])[2H])[C@@]1([2H])C([2H])([2H])C([2H])([2H])C([2H])([2H])C3([2H])[2H]. The molecule has 2 fully saturated rings. The Morgan fingerprint density at radius 2 is 2.50 bits per heavy atom. The second-order valence-electron chi connectivity index (χ2n) is 4.97. The summed E-state index contributed by atoms with van der Waals surface area (Å²) in [7, 11) is -3.03. The molecule has 2 aliphatic carbocycles. The molecule has 1 aromatic carbocycles. The molecule has 2 heteroatoms. The molecule has 0 N–H and O–H groups in total. The lowest BCUT2D eigenvalue weighted by molar-refractivity contribution is 0.00274. The van der Waals surface area contributed by atoms with Gasteiger partial charge in [-0.15, -0.1) is 0 Å². The van der Waals surface area contributed by atoms with Gasteiger partial charge in [-0.2, -0.15) is 0 Å². The normalized spacial score (nSPS) is 70.6. The Morgan fingerprint density at radius 1 is 1.50 bits per heavy atom. The van der Waals surface area contributed by atoms with Gasteiger partial charge >= 0.3 is 0 Å². The van der Waals surface area contributed by atoms with E-state index in [1.165, 1.54) is 0 Å². The van der Waals surface area contributed by atoms with Crippen LogP contribution in [0.1, 0.15) is 67.7 Å². The van der Waals surface area contributed by atoms with Crippen molar-refractivity contribution in [2.45, 2.75) is 49.7 Å². The van der Waals surface area contributed by atoms with E-state index < -0.39 is 93.0 Å². The van der Waals surface area contributed by atoms with Crippen LogP contribution in [0.2, 0.25) is 0 Å². The molecule has 3 atom stereocenters. The van der Waals surface area contributed by atoms with Gasteiger partial charge in [0.25, 0.3) is 0 Å². The molecule has 1 saturated carbocycles. The third-order valence-corrected chi connectivity index (χ3v) is 3.99.